The summed E-state index contributed by atoms with van der Waals surface area (Å²) in [7, 11) is -0.241. The van der Waals surface area contributed by atoms with Crippen LogP contribution in [0.5, 0.6) is 0 Å². The number of nitrogens with zero attached hydrogens (tertiary/aromatic N) is 2. The average molecular weight is 229 g/mol. The summed E-state index contributed by atoms with van der Waals surface area (Å²) in [5.74, 6) is 0.326. The van der Waals surface area contributed by atoms with Crippen molar-refractivity contribution >= 4 is 21.8 Å². The zero-order valence-corrected chi connectivity index (χ0v) is 9.90. The first-order valence-corrected chi connectivity index (χ1v) is 6.13. The van der Waals surface area contributed by atoms with Gasteiger partial charge in [-0.3, -0.25) is 0 Å². The van der Waals surface area contributed by atoms with E-state index in [9.17, 15) is 8.42 Å². The van der Waals surface area contributed by atoms with Crippen LogP contribution in [0.1, 0.15) is 13.3 Å². The summed E-state index contributed by atoms with van der Waals surface area (Å²) < 4.78 is 25.8. The minimum atomic E-state index is -3.28. The molecule has 0 aliphatic carbocycles. The molecular weight excluding hydrogens is 212 g/mol. The van der Waals surface area contributed by atoms with E-state index in [2.05, 4.69) is 0 Å². The SMILES string of the molecule is CCCN(CCCl)S(=O)(=O)N(C)C. The third kappa shape index (κ3) is 3.81. The Morgan fingerprint density at radius 2 is 1.77 bits per heavy atom. The van der Waals surface area contributed by atoms with Crippen LogP contribution in [0.25, 0.3) is 0 Å². The molecule has 4 nitrogen and oxygen atoms in total. The highest BCUT2D eigenvalue weighted by atomic mass is 35.5. The lowest BCUT2D eigenvalue weighted by atomic mass is 10.5. The maximum atomic E-state index is 11.6. The molecule has 80 valence electrons. The van der Waals surface area contributed by atoms with E-state index in [1.54, 1.807) is 0 Å². The Bertz CT molecular complexity index is 223. The van der Waals surface area contributed by atoms with Gasteiger partial charge < -0.3 is 0 Å². The van der Waals surface area contributed by atoms with Crippen molar-refractivity contribution in [3.05, 3.63) is 0 Å². The van der Waals surface area contributed by atoms with Crippen molar-refractivity contribution in [1.29, 1.82) is 0 Å². The number of hydrogen-bond donors (Lipinski definition) is 0. The molecule has 0 unspecified atom stereocenters. The maximum Gasteiger partial charge on any atom is 0.281 e. The fourth-order valence-corrected chi connectivity index (χ4v) is 2.42. The first-order chi connectivity index (χ1) is 5.96. The molecule has 0 bridgehead atoms. The lowest BCUT2D eigenvalue weighted by molar-refractivity contribution is 0.388. The second-order valence-electron chi connectivity index (χ2n) is 2.88. The van der Waals surface area contributed by atoms with E-state index >= 15 is 0 Å². The number of alkyl halides is 1. The van der Waals surface area contributed by atoms with Gasteiger partial charge in [0.1, 0.15) is 0 Å². The standard InChI is InChI=1S/C7H17ClN2O2S/c1-4-6-10(7-5-8)13(11,12)9(2)3/h4-7H2,1-3H3. The first kappa shape index (κ1) is 13.2. The summed E-state index contributed by atoms with van der Waals surface area (Å²) in [5.41, 5.74) is 0. The van der Waals surface area contributed by atoms with Gasteiger partial charge in [0.25, 0.3) is 10.2 Å². The number of halogens is 1. The first-order valence-electron chi connectivity index (χ1n) is 4.20. The van der Waals surface area contributed by atoms with Gasteiger partial charge in [-0.2, -0.15) is 17.0 Å². The van der Waals surface area contributed by atoms with E-state index in [1.165, 1.54) is 22.7 Å². The van der Waals surface area contributed by atoms with Crippen molar-refractivity contribution in [2.75, 3.05) is 33.1 Å². The molecule has 0 fully saturated rings. The summed E-state index contributed by atoms with van der Waals surface area (Å²) in [6.07, 6.45) is 0.796. The molecular formula is C7H17ClN2O2S. The van der Waals surface area contributed by atoms with E-state index in [0.29, 0.717) is 19.0 Å². The van der Waals surface area contributed by atoms with Gasteiger partial charge in [0.15, 0.2) is 0 Å². The van der Waals surface area contributed by atoms with E-state index in [1.807, 2.05) is 6.92 Å². The predicted molar refractivity (Wildman–Crippen MR) is 55.2 cm³/mol. The van der Waals surface area contributed by atoms with Crippen LogP contribution in [-0.2, 0) is 10.2 Å². The third-order valence-corrected chi connectivity index (χ3v) is 3.70. The summed E-state index contributed by atoms with van der Waals surface area (Å²) in [5, 5.41) is 0. The van der Waals surface area contributed by atoms with Crippen LogP contribution in [-0.4, -0.2) is 50.1 Å². The second kappa shape index (κ2) is 5.80. The van der Waals surface area contributed by atoms with Gasteiger partial charge in [0.05, 0.1) is 0 Å². The molecule has 0 radical (unpaired) electrons. The van der Waals surface area contributed by atoms with Crippen molar-refractivity contribution in [2.24, 2.45) is 0 Å². The minimum Gasteiger partial charge on any atom is -0.195 e. The highest BCUT2D eigenvalue weighted by Gasteiger charge is 2.22. The molecule has 13 heavy (non-hydrogen) atoms. The molecule has 0 N–H and O–H groups in total. The molecule has 0 heterocycles. The average Bonchev–Trinajstić information content (AvgIpc) is 2.03. The Balaban J connectivity index is 4.52. The summed E-state index contributed by atoms with van der Waals surface area (Å²) in [4.78, 5) is 0. The van der Waals surface area contributed by atoms with Crippen molar-refractivity contribution in [3.8, 4) is 0 Å². The molecule has 0 aromatic rings. The van der Waals surface area contributed by atoms with Crippen LogP contribution < -0.4 is 0 Å². The summed E-state index contributed by atoms with van der Waals surface area (Å²) in [6.45, 7) is 2.83. The fourth-order valence-electron chi connectivity index (χ4n) is 0.917. The van der Waals surface area contributed by atoms with Gasteiger partial charge in [-0.1, -0.05) is 6.92 Å². The zero-order valence-electron chi connectivity index (χ0n) is 8.33. The van der Waals surface area contributed by atoms with Crippen molar-refractivity contribution in [3.63, 3.8) is 0 Å². The van der Waals surface area contributed by atoms with Gasteiger partial charge in [0, 0.05) is 33.1 Å². The van der Waals surface area contributed by atoms with Crippen molar-refractivity contribution in [2.45, 2.75) is 13.3 Å². The van der Waals surface area contributed by atoms with Crippen LogP contribution in [0.15, 0.2) is 0 Å². The van der Waals surface area contributed by atoms with Gasteiger partial charge in [-0.15, -0.1) is 11.6 Å². The molecule has 6 heteroatoms. The molecule has 0 aromatic carbocycles. The van der Waals surface area contributed by atoms with Crippen LogP contribution in [0.3, 0.4) is 0 Å². The minimum absolute atomic E-state index is 0.326. The Labute approximate surface area is 85.6 Å². The molecule has 0 aromatic heterocycles. The number of hydrogen-bond acceptors (Lipinski definition) is 2. The van der Waals surface area contributed by atoms with Gasteiger partial charge in [-0.25, -0.2) is 0 Å². The molecule has 0 saturated heterocycles. The normalized spacial score (nSPS) is 12.8. The van der Waals surface area contributed by atoms with Crippen LogP contribution in [0.4, 0.5) is 0 Å². The molecule has 0 rings (SSSR count). The Morgan fingerprint density at radius 3 is 2.08 bits per heavy atom. The molecule has 0 saturated carbocycles. The van der Waals surface area contributed by atoms with Crippen LogP contribution in [0.2, 0.25) is 0 Å². The van der Waals surface area contributed by atoms with E-state index in [-0.39, 0.29) is 0 Å². The molecule has 0 aliphatic rings. The second-order valence-corrected chi connectivity index (χ2v) is 5.40. The summed E-state index contributed by atoms with van der Waals surface area (Å²) >= 11 is 5.52. The molecule has 0 atom stereocenters. The van der Waals surface area contributed by atoms with Gasteiger partial charge in [0.2, 0.25) is 0 Å². The monoisotopic (exact) mass is 228 g/mol. The fraction of sp³-hybridized carbons (Fsp3) is 1.00. The van der Waals surface area contributed by atoms with E-state index in [4.69, 9.17) is 11.6 Å². The van der Waals surface area contributed by atoms with E-state index in [0.717, 1.165) is 6.42 Å². The largest absolute Gasteiger partial charge is 0.281 e. The predicted octanol–water partition coefficient (Wildman–Crippen LogP) is 0.744. The highest BCUT2D eigenvalue weighted by Crippen LogP contribution is 2.05. The van der Waals surface area contributed by atoms with Gasteiger partial charge in [-0.05, 0) is 6.42 Å². The van der Waals surface area contributed by atoms with Crippen molar-refractivity contribution in [1.82, 2.24) is 8.61 Å². The van der Waals surface area contributed by atoms with Gasteiger partial charge >= 0.3 is 0 Å². The third-order valence-electron chi connectivity index (χ3n) is 1.59. The van der Waals surface area contributed by atoms with Crippen molar-refractivity contribution < 1.29 is 8.42 Å². The molecule has 0 spiro atoms. The molecule has 0 aliphatic heterocycles. The lowest BCUT2D eigenvalue weighted by Gasteiger charge is -2.23. The topological polar surface area (TPSA) is 40.6 Å². The summed E-state index contributed by atoms with van der Waals surface area (Å²) in [6, 6.07) is 0. The highest BCUT2D eigenvalue weighted by molar-refractivity contribution is 7.86. The van der Waals surface area contributed by atoms with Crippen LogP contribution in [0, 0.1) is 0 Å². The Hall–Kier alpha value is 0.160. The molecule has 0 amide bonds. The quantitative estimate of drug-likeness (QED) is 0.630. The maximum absolute atomic E-state index is 11.6. The number of rotatable bonds is 6. The Kier molecular flexibility index (Phi) is 5.87. The smallest absolute Gasteiger partial charge is 0.195 e. The van der Waals surface area contributed by atoms with E-state index < -0.39 is 10.2 Å². The lowest BCUT2D eigenvalue weighted by Crippen LogP contribution is -2.41. The zero-order chi connectivity index (χ0) is 10.5. The van der Waals surface area contributed by atoms with Crippen LogP contribution >= 0.6 is 11.6 Å². The Morgan fingerprint density at radius 1 is 1.23 bits per heavy atom.